The number of carbonyl (C=O) groups excluding carboxylic acids is 4. The summed E-state index contributed by atoms with van der Waals surface area (Å²) in [5.74, 6) is -0.424. The van der Waals surface area contributed by atoms with E-state index in [-0.39, 0.29) is 54.1 Å². The lowest BCUT2D eigenvalue weighted by Gasteiger charge is -2.28. The molecule has 3 aromatic carbocycles. The Labute approximate surface area is 304 Å². The highest BCUT2D eigenvalue weighted by Gasteiger charge is 2.46. The maximum absolute atomic E-state index is 13.2. The number of nitrogens with zero attached hydrogens (tertiary/aromatic N) is 1. The normalized spacial score (nSPS) is 17.1. The molecule has 1 fully saturated rings. The van der Waals surface area contributed by atoms with Crippen molar-refractivity contribution in [2.45, 2.75) is 64.3 Å². The third-order valence-electron chi connectivity index (χ3n) is 9.78. The Morgan fingerprint density at radius 1 is 0.827 bits per heavy atom. The molecule has 276 valence electrons. The van der Waals surface area contributed by atoms with Crippen LogP contribution in [-0.4, -0.2) is 79.3 Å². The van der Waals surface area contributed by atoms with E-state index in [0.717, 1.165) is 41.0 Å². The van der Waals surface area contributed by atoms with Gasteiger partial charge in [0.15, 0.2) is 0 Å². The number of allylic oxidation sites excluding steroid dienone is 2. The second-order valence-electron chi connectivity index (χ2n) is 13.1. The van der Waals surface area contributed by atoms with E-state index >= 15 is 0 Å². The Balaban J connectivity index is 1.02. The lowest BCUT2D eigenvalue weighted by Crippen LogP contribution is -2.54. The highest BCUT2D eigenvalue weighted by atomic mass is 16.6. The SMILES string of the molecule is CCC(CC)C/C=C/C(C)(c1ccc(O)cc1)c1ccc(OCCOCCOCCOc2cccc3c2C(=O)N(C2CCC(=O)NC2=O)C3=O)cc1. The minimum Gasteiger partial charge on any atom is -0.508 e. The fraction of sp³-hybridized carbons (Fsp3) is 0.415. The van der Waals surface area contributed by atoms with Crippen LogP contribution in [0.15, 0.2) is 78.9 Å². The standard InChI is InChI=1S/C41H48N2O9/c1-4-28(5-2)8-7-21-41(3,29-11-15-31(44)16-12-29)30-13-17-32(18-14-30)51-26-24-49-22-23-50-25-27-52-35-10-6-9-33-37(35)40(48)43(39(33)47)34-19-20-36(45)42-38(34)46/h6-7,9-18,21,28,34,44H,4-5,8,19-20,22-27H2,1-3H3,(H,42,45,46)/b21-7+. The summed E-state index contributed by atoms with van der Waals surface area (Å²) in [5.41, 5.74) is 2.10. The maximum atomic E-state index is 13.2. The molecule has 11 nitrogen and oxygen atoms in total. The van der Waals surface area contributed by atoms with Crippen molar-refractivity contribution in [1.82, 2.24) is 10.2 Å². The molecule has 2 heterocycles. The van der Waals surface area contributed by atoms with Gasteiger partial charge in [0.25, 0.3) is 11.8 Å². The molecule has 2 aliphatic rings. The van der Waals surface area contributed by atoms with Crippen LogP contribution < -0.4 is 14.8 Å². The fourth-order valence-corrected chi connectivity index (χ4v) is 6.54. The summed E-state index contributed by atoms with van der Waals surface area (Å²) in [6, 6.07) is 19.1. The van der Waals surface area contributed by atoms with Crippen molar-refractivity contribution < 1.29 is 43.2 Å². The lowest BCUT2D eigenvalue weighted by atomic mass is 9.75. The van der Waals surface area contributed by atoms with E-state index < -0.39 is 29.7 Å². The molecule has 0 radical (unpaired) electrons. The molecule has 52 heavy (non-hydrogen) atoms. The second-order valence-corrected chi connectivity index (χ2v) is 13.1. The van der Waals surface area contributed by atoms with Crippen molar-refractivity contribution in [1.29, 1.82) is 0 Å². The number of carbonyl (C=O) groups is 4. The average molecular weight is 713 g/mol. The number of phenols is 1. The summed E-state index contributed by atoms with van der Waals surface area (Å²) < 4.78 is 23.0. The molecule has 2 unspecified atom stereocenters. The number of hydrogen-bond donors (Lipinski definition) is 2. The fourth-order valence-electron chi connectivity index (χ4n) is 6.54. The summed E-state index contributed by atoms with van der Waals surface area (Å²) >= 11 is 0. The number of nitrogens with one attached hydrogen (secondary N) is 1. The Kier molecular flexibility index (Phi) is 13.2. The first-order valence-corrected chi connectivity index (χ1v) is 18.0. The van der Waals surface area contributed by atoms with Crippen LogP contribution in [0.4, 0.5) is 0 Å². The highest BCUT2D eigenvalue weighted by Crippen LogP contribution is 2.36. The van der Waals surface area contributed by atoms with E-state index in [2.05, 4.69) is 50.4 Å². The number of piperidine rings is 1. The zero-order valence-corrected chi connectivity index (χ0v) is 30.1. The molecule has 0 spiro atoms. The van der Waals surface area contributed by atoms with Gasteiger partial charge in [-0.15, -0.1) is 0 Å². The minimum absolute atomic E-state index is 0.0512. The Morgan fingerprint density at radius 2 is 1.44 bits per heavy atom. The third-order valence-corrected chi connectivity index (χ3v) is 9.78. The zero-order valence-electron chi connectivity index (χ0n) is 30.1. The molecule has 2 N–H and O–H groups in total. The topological polar surface area (TPSA) is 141 Å². The average Bonchev–Trinajstić information content (AvgIpc) is 3.40. The van der Waals surface area contributed by atoms with Crippen LogP contribution in [0.25, 0.3) is 0 Å². The van der Waals surface area contributed by atoms with Crippen LogP contribution in [0.5, 0.6) is 17.2 Å². The molecule has 0 saturated carbocycles. The molecule has 2 atom stereocenters. The second kappa shape index (κ2) is 18.0. The highest BCUT2D eigenvalue weighted by molar-refractivity contribution is 6.24. The quantitative estimate of drug-likeness (QED) is 0.0874. The number of fused-ring (bicyclic) bond motifs is 1. The molecule has 5 rings (SSSR count). The molecule has 1 saturated heterocycles. The monoisotopic (exact) mass is 712 g/mol. The van der Waals surface area contributed by atoms with Crippen molar-refractivity contribution in [3.05, 3.63) is 101 Å². The number of ether oxygens (including phenoxy) is 4. The predicted octanol–water partition coefficient (Wildman–Crippen LogP) is 5.97. The van der Waals surface area contributed by atoms with Crippen molar-refractivity contribution in [3.8, 4) is 17.2 Å². The zero-order chi connectivity index (χ0) is 37.1. The smallest absolute Gasteiger partial charge is 0.266 e. The van der Waals surface area contributed by atoms with Crippen LogP contribution in [-0.2, 0) is 24.5 Å². The van der Waals surface area contributed by atoms with Gasteiger partial charge in [0.1, 0.15) is 36.5 Å². The summed E-state index contributed by atoms with van der Waals surface area (Å²) in [4.78, 5) is 51.0. The molecule has 3 aromatic rings. The van der Waals surface area contributed by atoms with Gasteiger partial charge in [0, 0.05) is 11.8 Å². The Hall–Kier alpha value is -5.00. The summed E-state index contributed by atoms with van der Waals surface area (Å²) in [6.45, 7) is 8.44. The largest absolute Gasteiger partial charge is 0.508 e. The molecule has 0 bridgehead atoms. The molecule has 11 heteroatoms. The van der Waals surface area contributed by atoms with Crippen molar-refractivity contribution in [3.63, 3.8) is 0 Å². The Morgan fingerprint density at radius 3 is 2.08 bits per heavy atom. The number of hydrogen-bond acceptors (Lipinski definition) is 9. The number of benzene rings is 3. The number of aromatic hydroxyl groups is 1. The van der Waals surface area contributed by atoms with Crippen LogP contribution in [0.3, 0.4) is 0 Å². The minimum atomic E-state index is -1.04. The van der Waals surface area contributed by atoms with E-state index in [4.69, 9.17) is 18.9 Å². The number of amides is 4. The van der Waals surface area contributed by atoms with E-state index in [9.17, 15) is 24.3 Å². The van der Waals surface area contributed by atoms with E-state index in [1.165, 1.54) is 6.07 Å². The van der Waals surface area contributed by atoms with Gasteiger partial charge < -0.3 is 24.1 Å². The first-order valence-electron chi connectivity index (χ1n) is 18.0. The van der Waals surface area contributed by atoms with E-state index in [0.29, 0.717) is 32.3 Å². The van der Waals surface area contributed by atoms with Gasteiger partial charge in [-0.05, 0) is 73.2 Å². The lowest BCUT2D eigenvalue weighted by molar-refractivity contribution is -0.136. The van der Waals surface area contributed by atoms with Gasteiger partial charge in [-0.3, -0.25) is 29.4 Å². The van der Waals surface area contributed by atoms with E-state index in [1.807, 2.05) is 24.3 Å². The summed E-state index contributed by atoms with van der Waals surface area (Å²) in [7, 11) is 0. The molecule has 4 amide bonds. The van der Waals surface area contributed by atoms with Crippen molar-refractivity contribution >= 4 is 23.6 Å². The van der Waals surface area contributed by atoms with Gasteiger partial charge in [0.05, 0.1) is 37.6 Å². The Bertz CT molecular complexity index is 1730. The molecular weight excluding hydrogens is 664 g/mol. The van der Waals surface area contributed by atoms with Crippen molar-refractivity contribution in [2.24, 2.45) is 5.92 Å². The predicted molar refractivity (Wildman–Crippen MR) is 195 cm³/mol. The molecule has 0 aromatic heterocycles. The molecule has 0 aliphatic carbocycles. The number of imide groups is 2. The number of rotatable bonds is 19. The van der Waals surface area contributed by atoms with Crippen LogP contribution >= 0.6 is 0 Å². The summed E-state index contributed by atoms with van der Waals surface area (Å²) in [6.07, 6.45) is 8.01. The van der Waals surface area contributed by atoms with E-state index in [1.54, 1.807) is 24.3 Å². The van der Waals surface area contributed by atoms with Crippen molar-refractivity contribution in [2.75, 3.05) is 39.6 Å². The van der Waals surface area contributed by atoms with Gasteiger partial charge in [-0.2, -0.15) is 0 Å². The molecule has 2 aliphatic heterocycles. The molecular formula is C41H48N2O9. The first kappa shape index (κ1) is 38.2. The maximum Gasteiger partial charge on any atom is 0.266 e. The van der Waals surface area contributed by atoms with Crippen LogP contribution in [0.2, 0.25) is 0 Å². The van der Waals surface area contributed by atoms with Gasteiger partial charge in [0.2, 0.25) is 11.8 Å². The van der Waals surface area contributed by atoms with Gasteiger partial charge >= 0.3 is 0 Å². The van der Waals surface area contributed by atoms with Gasteiger partial charge in [-0.1, -0.05) is 69.2 Å². The first-order chi connectivity index (χ1) is 25.2. The third kappa shape index (κ3) is 9.07. The van der Waals surface area contributed by atoms with Gasteiger partial charge in [-0.25, -0.2) is 0 Å². The van der Waals surface area contributed by atoms with Crippen LogP contribution in [0, 0.1) is 5.92 Å². The summed E-state index contributed by atoms with van der Waals surface area (Å²) in [5, 5.41) is 12.1. The number of phenolic OH excluding ortho intramolecular Hbond substituents is 1. The van der Waals surface area contributed by atoms with Crippen LogP contribution in [0.1, 0.15) is 84.7 Å².